The van der Waals surface area contributed by atoms with Gasteiger partial charge in [0.2, 0.25) is 5.91 Å². The second kappa shape index (κ2) is 8.32. The minimum absolute atomic E-state index is 0.00487. The molecule has 1 aliphatic heterocycles. The third-order valence-corrected chi connectivity index (χ3v) is 3.64. The summed E-state index contributed by atoms with van der Waals surface area (Å²) in [5, 5.41) is 6.12. The largest absolute Gasteiger partial charge is 0.375 e. The normalized spacial score (nSPS) is 21.6. The summed E-state index contributed by atoms with van der Waals surface area (Å²) in [6, 6.07) is -0.337. The Morgan fingerprint density at radius 2 is 1.77 bits per heavy atom. The number of nitrogens with one attached hydrogen (secondary N) is 2. The van der Waals surface area contributed by atoms with E-state index in [-0.39, 0.29) is 23.8 Å². The number of carbonyl (C=O) groups is 2. The Morgan fingerprint density at radius 3 is 2.23 bits per heavy atom. The smallest absolute Gasteiger partial charge is 0.242 e. The quantitative estimate of drug-likeness (QED) is 0.606. The van der Waals surface area contributed by atoms with Gasteiger partial charge in [0, 0.05) is 12.2 Å². The molecule has 1 amide bonds. The van der Waals surface area contributed by atoms with Crippen molar-refractivity contribution in [3.8, 4) is 0 Å². The van der Waals surface area contributed by atoms with E-state index < -0.39 is 6.10 Å². The van der Waals surface area contributed by atoms with Gasteiger partial charge in [-0.05, 0) is 31.6 Å². The van der Waals surface area contributed by atoms with Crippen LogP contribution in [0.25, 0.3) is 0 Å². The van der Waals surface area contributed by atoms with Crippen LogP contribution in [0, 0.1) is 11.8 Å². The fourth-order valence-corrected chi connectivity index (χ4v) is 2.30. The van der Waals surface area contributed by atoms with Gasteiger partial charge < -0.3 is 15.4 Å². The Labute approximate surface area is 133 Å². The Morgan fingerprint density at radius 1 is 1.14 bits per heavy atom. The molecule has 1 rings (SSSR count). The first kappa shape index (κ1) is 18.7. The Bertz CT molecular complexity index is 418. The maximum Gasteiger partial charge on any atom is 0.242 e. The van der Waals surface area contributed by atoms with E-state index in [9.17, 15) is 9.59 Å². The average Bonchev–Trinajstić information content (AvgIpc) is 3.16. The second-order valence-electron chi connectivity index (χ2n) is 6.91. The lowest BCUT2D eigenvalue weighted by Gasteiger charge is -2.22. The molecule has 3 atom stereocenters. The summed E-state index contributed by atoms with van der Waals surface area (Å²) in [6.07, 6.45) is 0.975. The van der Waals surface area contributed by atoms with Gasteiger partial charge in [-0.3, -0.25) is 9.59 Å². The lowest BCUT2D eigenvalue weighted by molar-refractivity contribution is -0.123. The molecule has 0 saturated carbocycles. The standard InChI is InChI=1S/C17H30N2O3/c1-10(2)7-8-18-17(21)14(9-11(3)4)19-12(5)15-16(22-15)13(6)20/h10-11,14-16,19H,5,7-9H2,1-4,6H3,(H,18,21). The molecule has 126 valence electrons. The number of rotatable bonds is 10. The van der Waals surface area contributed by atoms with E-state index in [1.54, 1.807) is 0 Å². The molecule has 3 unspecified atom stereocenters. The molecule has 0 radical (unpaired) electrons. The summed E-state index contributed by atoms with van der Waals surface area (Å²) in [4.78, 5) is 23.6. The molecule has 1 fully saturated rings. The number of hydrogen-bond donors (Lipinski definition) is 2. The number of epoxide rings is 1. The van der Waals surface area contributed by atoms with Crippen LogP contribution in [0.3, 0.4) is 0 Å². The molecule has 1 heterocycles. The highest BCUT2D eigenvalue weighted by molar-refractivity contribution is 5.84. The van der Waals surface area contributed by atoms with Gasteiger partial charge in [0.15, 0.2) is 5.78 Å². The van der Waals surface area contributed by atoms with Gasteiger partial charge in [-0.25, -0.2) is 0 Å². The van der Waals surface area contributed by atoms with Gasteiger partial charge in [0.1, 0.15) is 18.2 Å². The van der Waals surface area contributed by atoms with E-state index in [2.05, 4.69) is 44.9 Å². The zero-order chi connectivity index (χ0) is 16.9. The maximum atomic E-state index is 12.3. The molecule has 0 aromatic heterocycles. The molecule has 22 heavy (non-hydrogen) atoms. The molecule has 0 bridgehead atoms. The van der Waals surface area contributed by atoms with Gasteiger partial charge in [0.05, 0.1) is 0 Å². The van der Waals surface area contributed by atoms with Crippen molar-refractivity contribution in [2.45, 2.75) is 65.7 Å². The first-order valence-electron chi connectivity index (χ1n) is 8.11. The average molecular weight is 310 g/mol. The highest BCUT2D eigenvalue weighted by Crippen LogP contribution is 2.28. The van der Waals surface area contributed by atoms with Crippen LogP contribution in [-0.2, 0) is 14.3 Å². The molecule has 0 aromatic rings. The Kier molecular flexibility index (Phi) is 7.07. The van der Waals surface area contributed by atoms with Crippen molar-refractivity contribution < 1.29 is 14.3 Å². The first-order valence-corrected chi connectivity index (χ1v) is 8.11. The van der Waals surface area contributed by atoms with Crippen LogP contribution in [0.2, 0.25) is 0 Å². The Hall–Kier alpha value is -1.36. The van der Waals surface area contributed by atoms with Gasteiger partial charge in [-0.15, -0.1) is 0 Å². The first-order chi connectivity index (χ1) is 10.2. The molecule has 2 N–H and O–H groups in total. The Balaban J connectivity index is 2.51. The molecule has 0 spiro atoms. The summed E-state index contributed by atoms with van der Waals surface area (Å²) < 4.78 is 5.30. The van der Waals surface area contributed by atoms with E-state index in [1.807, 2.05) is 0 Å². The van der Waals surface area contributed by atoms with E-state index >= 15 is 0 Å². The molecule has 5 nitrogen and oxygen atoms in total. The number of amides is 1. The minimum Gasteiger partial charge on any atom is -0.375 e. The van der Waals surface area contributed by atoms with E-state index in [0.717, 1.165) is 6.42 Å². The number of carbonyl (C=O) groups excluding carboxylic acids is 2. The molecule has 1 aliphatic rings. The van der Waals surface area contributed by atoms with Crippen LogP contribution in [0.5, 0.6) is 0 Å². The van der Waals surface area contributed by atoms with Crippen LogP contribution in [0.4, 0.5) is 0 Å². The number of hydrogen-bond acceptors (Lipinski definition) is 4. The maximum absolute atomic E-state index is 12.3. The van der Waals surface area contributed by atoms with Crippen molar-refractivity contribution in [1.29, 1.82) is 0 Å². The SMILES string of the molecule is C=C(NC(CC(C)C)C(=O)NCCC(C)C)C1OC1C(C)=O. The van der Waals surface area contributed by atoms with Gasteiger partial charge in [-0.1, -0.05) is 34.3 Å². The van der Waals surface area contributed by atoms with Crippen molar-refractivity contribution in [2.75, 3.05) is 6.54 Å². The van der Waals surface area contributed by atoms with Crippen molar-refractivity contribution in [1.82, 2.24) is 10.6 Å². The highest BCUT2D eigenvalue weighted by Gasteiger charge is 2.45. The van der Waals surface area contributed by atoms with Crippen LogP contribution >= 0.6 is 0 Å². The van der Waals surface area contributed by atoms with Crippen LogP contribution in [0.15, 0.2) is 12.3 Å². The van der Waals surface area contributed by atoms with Crippen molar-refractivity contribution in [3.63, 3.8) is 0 Å². The third-order valence-electron chi connectivity index (χ3n) is 3.64. The number of ketones is 1. The molecule has 1 saturated heterocycles. The third kappa shape index (κ3) is 6.18. The fraction of sp³-hybridized carbons (Fsp3) is 0.765. The number of Topliss-reactive ketones (excluding diaryl/α,β-unsaturated/α-hetero) is 1. The molecular weight excluding hydrogens is 280 g/mol. The molecule has 0 aliphatic carbocycles. The summed E-state index contributed by atoms with van der Waals surface area (Å²) in [5.41, 5.74) is 0.616. The molecule has 5 heteroatoms. The molecular formula is C17H30N2O3. The van der Waals surface area contributed by atoms with E-state index in [0.29, 0.717) is 30.5 Å². The monoisotopic (exact) mass is 310 g/mol. The molecule has 0 aromatic carbocycles. The summed E-state index contributed by atoms with van der Waals surface area (Å²) in [5.74, 6) is 0.915. The lowest BCUT2D eigenvalue weighted by atomic mass is 10.0. The summed E-state index contributed by atoms with van der Waals surface area (Å²) >= 11 is 0. The predicted octanol–water partition coefficient (Wildman–Crippen LogP) is 2.02. The summed E-state index contributed by atoms with van der Waals surface area (Å²) in [6.45, 7) is 14.5. The van der Waals surface area contributed by atoms with Crippen LogP contribution in [-0.4, -0.2) is 36.5 Å². The topological polar surface area (TPSA) is 70.7 Å². The fourth-order valence-electron chi connectivity index (χ4n) is 2.30. The lowest BCUT2D eigenvalue weighted by Crippen LogP contribution is -2.45. The van der Waals surface area contributed by atoms with Crippen LogP contribution < -0.4 is 10.6 Å². The van der Waals surface area contributed by atoms with Crippen molar-refractivity contribution in [2.24, 2.45) is 11.8 Å². The minimum atomic E-state index is -0.399. The van der Waals surface area contributed by atoms with E-state index in [1.165, 1.54) is 6.92 Å². The highest BCUT2D eigenvalue weighted by atomic mass is 16.6. The number of ether oxygens (including phenoxy) is 1. The van der Waals surface area contributed by atoms with Crippen LogP contribution in [0.1, 0.15) is 47.5 Å². The van der Waals surface area contributed by atoms with Gasteiger partial charge in [0.25, 0.3) is 0 Å². The zero-order valence-corrected chi connectivity index (χ0v) is 14.4. The zero-order valence-electron chi connectivity index (χ0n) is 14.4. The second-order valence-corrected chi connectivity index (χ2v) is 6.91. The van der Waals surface area contributed by atoms with Gasteiger partial charge in [-0.2, -0.15) is 0 Å². The van der Waals surface area contributed by atoms with E-state index in [4.69, 9.17) is 4.74 Å². The summed E-state index contributed by atoms with van der Waals surface area (Å²) in [7, 11) is 0. The predicted molar refractivity (Wildman–Crippen MR) is 87.3 cm³/mol. The van der Waals surface area contributed by atoms with Crippen molar-refractivity contribution in [3.05, 3.63) is 12.3 Å². The van der Waals surface area contributed by atoms with Crippen molar-refractivity contribution >= 4 is 11.7 Å². The van der Waals surface area contributed by atoms with Gasteiger partial charge >= 0.3 is 0 Å².